The van der Waals surface area contributed by atoms with Crippen LogP contribution in [0.2, 0.25) is 0 Å². The highest BCUT2D eigenvalue weighted by Crippen LogP contribution is 2.23. The second kappa shape index (κ2) is 8.06. The zero-order valence-electron chi connectivity index (χ0n) is 13.3. The number of esters is 1. The number of hydrogen-bond acceptors (Lipinski definition) is 8. The van der Waals surface area contributed by atoms with Gasteiger partial charge in [-0.05, 0) is 13.3 Å². The monoisotopic (exact) mass is 368 g/mol. The standard InChI is InChI=1S/C14H16N4O4S2/c1-4-8-5-9(19)17-13(16-8)23-6-10(20)18-14-15-7(2)11(24-14)12(21)22-3/h5H,4,6H2,1-3H3,(H,15,18,20)(H,16,17,19). The fourth-order valence-electron chi connectivity index (χ4n) is 1.75. The predicted octanol–water partition coefficient (Wildman–Crippen LogP) is 1.61. The number of carbonyl (C=O) groups is 2. The largest absolute Gasteiger partial charge is 0.465 e. The van der Waals surface area contributed by atoms with Crippen molar-refractivity contribution in [2.75, 3.05) is 18.2 Å². The van der Waals surface area contributed by atoms with E-state index in [9.17, 15) is 14.4 Å². The minimum atomic E-state index is -0.488. The molecule has 10 heteroatoms. The number of aromatic amines is 1. The summed E-state index contributed by atoms with van der Waals surface area (Å²) in [6.07, 6.45) is 0.637. The van der Waals surface area contributed by atoms with E-state index in [-0.39, 0.29) is 17.2 Å². The summed E-state index contributed by atoms with van der Waals surface area (Å²) >= 11 is 2.17. The van der Waals surface area contributed by atoms with E-state index < -0.39 is 5.97 Å². The highest BCUT2D eigenvalue weighted by Gasteiger charge is 2.17. The van der Waals surface area contributed by atoms with Gasteiger partial charge in [-0.1, -0.05) is 30.0 Å². The highest BCUT2D eigenvalue weighted by atomic mass is 32.2. The number of aryl methyl sites for hydroxylation is 2. The number of thioether (sulfide) groups is 1. The van der Waals surface area contributed by atoms with E-state index in [0.717, 1.165) is 23.1 Å². The molecule has 0 unspecified atom stereocenters. The summed E-state index contributed by atoms with van der Waals surface area (Å²) in [4.78, 5) is 46.3. The van der Waals surface area contributed by atoms with Crippen LogP contribution in [0.25, 0.3) is 0 Å². The molecule has 2 heterocycles. The molecule has 0 fully saturated rings. The number of anilines is 1. The van der Waals surface area contributed by atoms with Gasteiger partial charge in [0.1, 0.15) is 4.88 Å². The van der Waals surface area contributed by atoms with E-state index in [1.54, 1.807) is 6.92 Å². The lowest BCUT2D eigenvalue weighted by molar-refractivity contribution is -0.113. The molecular formula is C14H16N4O4S2. The first-order valence-electron chi connectivity index (χ1n) is 7.01. The van der Waals surface area contributed by atoms with Crippen LogP contribution in [0.5, 0.6) is 0 Å². The second-order valence-corrected chi connectivity index (χ2v) is 6.62. The molecule has 24 heavy (non-hydrogen) atoms. The lowest BCUT2D eigenvalue weighted by atomic mass is 10.3. The topological polar surface area (TPSA) is 114 Å². The van der Waals surface area contributed by atoms with Crippen molar-refractivity contribution < 1.29 is 14.3 Å². The maximum atomic E-state index is 12.0. The van der Waals surface area contributed by atoms with Crippen LogP contribution in [-0.4, -0.2) is 39.7 Å². The number of carbonyl (C=O) groups excluding carboxylic acids is 2. The average molecular weight is 368 g/mol. The first-order chi connectivity index (χ1) is 11.4. The Morgan fingerprint density at radius 3 is 2.83 bits per heavy atom. The summed E-state index contributed by atoms with van der Waals surface area (Å²) in [5.41, 5.74) is 0.916. The van der Waals surface area contributed by atoms with E-state index in [1.165, 1.54) is 13.2 Å². The van der Waals surface area contributed by atoms with E-state index in [4.69, 9.17) is 0 Å². The van der Waals surface area contributed by atoms with Crippen LogP contribution in [0.4, 0.5) is 5.13 Å². The molecule has 0 saturated heterocycles. The van der Waals surface area contributed by atoms with Gasteiger partial charge in [-0.25, -0.2) is 14.8 Å². The minimum absolute atomic E-state index is 0.0578. The van der Waals surface area contributed by atoms with Crippen LogP contribution in [0, 0.1) is 6.92 Å². The lowest BCUT2D eigenvalue weighted by Crippen LogP contribution is -2.15. The van der Waals surface area contributed by atoms with Gasteiger partial charge in [0.25, 0.3) is 5.56 Å². The Labute approximate surface area is 146 Å². The maximum Gasteiger partial charge on any atom is 0.350 e. The van der Waals surface area contributed by atoms with Crippen LogP contribution in [0.15, 0.2) is 16.0 Å². The van der Waals surface area contributed by atoms with Crippen LogP contribution in [0.1, 0.15) is 28.0 Å². The molecule has 0 aromatic carbocycles. The van der Waals surface area contributed by atoms with Crippen LogP contribution in [0.3, 0.4) is 0 Å². The molecule has 0 atom stereocenters. The lowest BCUT2D eigenvalue weighted by Gasteiger charge is -2.03. The molecule has 0 aliphatic rings. The Morgan fingerprint density at radius 1 is 1.42 bits per heavy atom. The molecule has 0 saturated carbocycles. The van der Waals surface area contributed by atoms with Crippen LogP contribution < -0.4 is 10.9 Å². The number of thiazole rings is 1. The second-order valence-electron chi connectivity index (χ2n) is 4.66. The van der Waals surface area contributed by atoms with Crippen molar-refractivity contribution in [2.24, 2.45) is 0 Å². The number of nitrogens with zero attached hydrogens (tertiary/aromatic N) is 2. The zero-order valence-corrected chi connectivity index (χ0v) is 15.0. The normalized spacial score (nSPS) is 10.5. The summed E-state index contributed by atoms with van der Waals surface area (Å²) in [7, 11) is 1.29. The molecule has 0 spiro atoms. The SMILES string of the molecule is CCc1cc(=O)[nH]c(SCC(=O)Nc2nc(C)c(C(=O)OC)s2)n1. The number of nitrogens with one attached hydrogen (secondary N) is 2. The number of H-pyrrole nitrogens is 1. The van der Waals surface area contributed by atoms with Gasteiger partial charge in [0.05, 0.1) is 18.6 Å². The number of methoxy groups -OCH3 is 1. The van der Waals surface area contributed by atoms with Gasteiger partial charge in [0.2, 0.25) is 5.91 Å². The summed E-state index contributed by atoms with van der Waals surface area (Å²) in [5.74, 6) is -0.741. The Kier molecular flexibility index (Phi) is 6.10. The molecule has 0 aliphatic heterocycles. The summed E-state index contributed by atoms with van der Waals surface area (Å²) in [6.45, 7) is 3.56. The molecule has 2 rings (SSSR count). The molecule has 8 nitrogen and oxygen atoms in total. The van der Waals surface area contributed by atoms with E-state index in [2.05, 4.69) is 25.0 Å². The van der Waals surface area contributed by atoms with Gasteiger partial charge in [-0.3, -0.25) is 9.59 Å². The van der Waals surface area contributed by atoms with Crippen LogP contribution >= 0.6 is 23.1 Å². The van der Waals surface area contributed by atoms with E-state index in [0.29, 0.717) is 33.0 Å². The number of aromatic nitrogens is 3. The molecule has 128 valence electrons. The number of rotatable bonds is 6. The fraction of sp³-hybridized carbons (Fsp3) is 0.357. The Hall–Kier alpha value is -2.20. The predicted molar refractivity (Wildman–Crippen MR) is 91.8 cm³/mol. The first kappa shape index (κ1) is 18.1. The van der Waals surface area contributed by atoms with Gasteiger partial charge in [-0.15, -0.1) is 0 Å². The Bertz CT molecular complexity index is 815. The molecule has 0 aliphatic carbocycles. The van der Waals surface area contributed by atoms with Crippen LogP contribution in [-0.2, 0) is 16.0 Å². The Morgan fingerprint density at radius 2 is 2.17 bits per heavy atom. The molecule has 0 bridgehead atoms. The smallest absolute Gasteiger partial charge is 0.350 e. The third kappa shape index (κ3) is 4.65. The number of hydrogen-bond donors (Lipinski definition) is 2. The third-order valence-electron chi connectivity index (χ3n) is 2.89. The van der Waals surface area contributed by atoms with Crippen molar-refractivity contribution in [3.05, 3.63) is 32.7 Å². The molecule has 0 radical (unpaired) electrons. The summed E-state index contributed by atoms with van der Waals surface area (Å²) in [6, 6.07) is 1.43. The highest BCUT2D eigenvalue weighted by molar-refractivity contribution is 7.99. The van der Waals surface area contributed by atoms with Crippen molar-refractivity contribution in [3.63, 3.8) is 0 Å². The molecule has 1 amide bonds. The molecule has 2 N–H and O–H groups in total. The van der Waals surface area contributed by atoms with Crippen molar-refractivity contribution >= 4 is 40.1 Å². The molecule has 2 aromatic heterocycles. The maximum absolute atomic E-state index is 12.0. The van der Waals surface area contributed by atoms with Gasteiger partial charge < -0.3 is 15.0 Å². The van der Waals surface area contributed by atoms with Gasteiger partial charge in [0.15, 0.2) is 10.3 Å². The van der Waals surface area contributed by atoms with Gasteiger partial charge in [-0.2, -0.15) is 0 Å². The van der Waals surface area contributed by atoms with Crippen molar-refractivity contribution in [1.82, 2.24) is 15.0 Å². The first-order valence-corrected chi connectivity index (χ1v) is 8.81. The molecular weight excluding hydrogens is 352 g/mol. The van der Waals surface area contributed by atoms with Crippen molar-refractivity contribution in [3.8, 4) is 0 Å². The number of amides is 1. The molecule has 2 aromatic rings. The minimum Gasteiger partial charge on any atom is -0.465 e. The van der Waals surface area contributed by atoms with Gasteiger partial charge in [0, 0.05) is 11.8 Å². The fourth-order valence-corrected chi connectivity index (χ4v) is 3.35. The van der Waals surface area contributed by atoms with E-state index >= 15 is 0 Å². The zero-order chi connectivity index (χ0) is 17.7. The average Bonchev–Trinajstić information content (AvgIpc) is 2.92. The van der Waals surface area contributed by atoms with E-state index in [1.807, 2.05) is 6.92 Å². The van der Waals surface area contributed by atoms with Gasteiger partial charge >= 0.3 is 5.97 Å². The van der Waals surface area contributed by atoms with Crippen molar-refractivity contribution in [1.29, 1.82) is 0 Å². The Balaban J connectivity index is 1.98. The quantitative estimate of drug-likeness (QED) is 0.452. The summed E-state index contributed by atoms with van der Waals surface area (Å²) < 4.78 is 4.65. The third-order valence-corrected chi connectivity index (χ3v) is 4.82. The van der Waals surface area contributed by atoms with Crippen molar-refractivity contribution in [2.45, 2.75) is 25.4 Å². The summed E-state index contributed by atoms with van der Waals surface area (Å²) in [5, 5.41) is 3.33. The number of ether oxygens (including phenoxy) is 1.